The molecule has 0 spiro atoms. The standard InChI is InChI=1S/C8H8F3NO2/c1-4-3-12-7(5(2)6(4)13)14-8(9,10)11/h3H,1-2H3,(H,12,13). The first-order chi connectivity index (χ1) is 6.31. The number of aryl methyl sites for hydroxylation is 1. The molecule has 0 saturated carbocycles. The Hall–Kier alpha value is -1.46. The van der Waals surface area contributed by atoms with E-state index in [2.05, 4.69) is 9.72 Å². The van der Waals surface area contributed by atoms with Crippen LogP contribution >= 0.6 is 0 Å². The molecule has 0 fully saturated rings. The van der Waals surface area contributed by atoms with E-state index in [-0.39, 0.29) is 5.56 Å². The number of H-pyrrole nitrogens is 1. The maximum absolute atomic E-state index is 11.8. The number of rotatable bonds is 1. The maximum atomic E-state index is 11.8. The highest BCUT2D eigenvalue weighted by atomic mass is 19.4. The van der Waals surface area contributed by atoms with Gasteiger partial charge in [-0.15, -0.1) is 13.2 Å². The summed E-state index contributed by atoms with van der Waals surface area (Å²) in [6.45, 7) is 2.77. The first-order valence-corrected chi connectivity index (χ1v) is 3.76. The van der Waals surface area contributed by atoms with Gasteiger partial charge in [0.1, 0.15) is 0 Å². The minimum absolute atomic E-state index is 0.0812. The normalized spacial score (nSPS) is 11.5. The molecule has 0 bridgehead atoms. The van der Waals surface area contributed by atoms with Crippen molar-refractivity contribution in [3.8, 4) is 5.88 Å². The lowest BCUT2D eigenvalue weighted by atomic mass is 10.2. The number of hydrogen-bond donors (Lipinski definition) is 1. The van der Waals surface area contributed by atoms with Crippen LogP contribution in [0, 0.1) is 13.8 Å². The quantitative estimate of drug-likeness (QED) is 0.764. The third-order valence-corrected chi connectivity index (χ3v) is 1.68. The van der Waals surface area contributed by atoms with E-state index >= 15 is 0 Å². The van der Waals surface area contributed by atoms with Gasteiger partial charge in [0.2, 0.25) is 5.88 Å². The van der Waals surface area contributed by atoms with Crippen molar-refractivity contribution in [2.45, 2.75) is 20.2 Å². The third-order valence-electron chi connectivity index (χ3n) is 1.68. The number of aromatic nitrogens is 1. The van der Waals surface area contributed by atoms with Crippen LogP contribution < -0.4 is 10.2 Å². The van der Waals surface area contributed by atoms with Crippen LogP contribution in [0.1, 0.15) is 11.1 Å². The van der Waals surface area contributed by atoms with Gasteiger partial charge in [-0.1, -0.05) is 0 Å². The van der Waals surface area contributed by atoms with E-state index in [0.29, 0.717) is 5.56 Å². The molecule has 0 aliphatic carbocycles. The van der Waals surface area contributed by atoms with E-state index < -0.39 is 17.7 Å². The minimum atomic E-state index is -4.79. The number of pyridine rings is 1. The molecule has 0 aliphatic heterocycles. The van der Waals surface area contributed by atoms with Crippen LogP contribution in [0.3, 0.4) is 0 Å². The van der Waals surface area contributed by atoms with Crippen molar-refractivity contribution in [2.24, 2.45) is 0 Å². The molecule has 1 aromatic rings. The van der Waals surface area contributed by atoms with E-state index in [1.807, 2.05) is 0 Å². The molecule has 0 atom stereocenters. The van der Waals surface area contributed by atoms with Crippen LogP contribution in [0.4, 0.5) is 13.2 Å². The molecule has 14 heavy (non-hydrogen) atoms. The number of hydrogen-bond acceptors (Lipinski definition) is 2. The number of halogens is 3. The molecule has 1 heterocycles. The molecule has 0 aromatic carbocycles. The zero-order valence-electron chi connectivity index (χ0n) is 7.53. The molecule has 3 nitrogen and oxygen atoms in total. The Balaban J connectivity index is 3.13. The molecular formula is C8H8F3NO2. The number of nitrogens with one attached hydrogen (secondary N) is 1. The van der Waals surface area contributed by atoms with Gasteiger partial charge in [0.05, 0.1) is 5.56 Å². The molecule has 6 heteroatoms. The van der Waals surface area contributed by atoms with E-state index in [4.69, 9.17) is 0 Å². The van der Waals surface area contributed by atoms with Crippen LogP contribution in [0.15, 0.2) is 11.0 Å². The fourth-order valence-corrected chi connectivity index (χ4v) is 0.968. The summed E-state index contributed by atoms with van der Waals surface area (Å²) in [6.07, 6.45) is -3.61. The molecule has 0 unspecified atom stereocenters. The predicted octanol–water partition coefficient (Wildman–Crippen LogP) is 1.89. The minimum Gasteiger partial charge on any atom is -0.390 e. The Kier molecular flexibility index (Phi) is 2.55. The zero-order chi connectivity index (χ0) is 10.9. The number of alkyl halides is 3. The maximum Gasteiger partial charge on any atom is 0.574 e. The van der Waals surface area contributed by atoms with Gasteiger partial charge in [0.25, 0.3) is 0 Å². The Morgan fingerprint density at radius 1 is 1.36 bits per heavy atom. The summed E-state index contributed by atoms with van der Waals surface area (Å²) in [5.74, 6) is -0.562. The SMILES string of the molecule is Cc1c[nH]c(OC(F)(F)F)c(C)c1=O. The smallest absolute Gasteiger partial charge is 0.390 e. The summed E-state index contributed by atoms with van der Waals surface area (Å²) < 4.78 is 39.0. The first-order valence-electron chi connectivity index (χ1n) is 3.76. The summed E-state index contributed by atoms with van der Waals surface area (Å²) in [5, 5.41) is 0. The highest BCUT2D eigenvalue weighted by Crippen LogP contribution is 2.21. The Morgan fingerprint density at radius 3 is 2.43 bits per heavy atom. The van der Waals surface area contributed by atoms with E-state index in [0.717, 1.165) is 0 Å². The first kappa shape index (κ1) is 10.6. The van der Waals surface area contributed by atoms with Crippen molar-refractivity contribution in [1.29, 1.82) is 0 Å². The molecular weight excluding hydrogens is 199 g/mol. The van der Waals surface area contributed by atoms with Crippen molar-refractivity contribution in [3.05, 3.63) is 27.5 Å². The van der Waals surface area contributed by atoms with Gasteiger partial charge in [-0.3, -0.25) is 4.79 Å². The van der Waals surface area contributed by atoms with E-state index in [1.165, 1.54) is 20.0 Å². The van der Waals surface area contributed by atoms with Gasteiger partial charge < -0.3 is 9.72 Å². The summed E-state index contributed by atoms with van der Waals surface area (Å²) in [5.41, 5.74) is -0.192. The lowest BCUT2D eigenvalue weighted by molar-refractivity contribution is -0.276. The average molecular weight is 207 g/mol. The summed E-state index contributed by atoms with van der Waals surface area (Å²) in [7, 11) is 0. The second-order valence-corrected chi connectivity index (χ2v) is 2.80. The molecule has 78 valence electrons. The topological polar surface area (TPSA) is 42.1 Å². The lowest BCUT2D eigenvalue weighted by Gasteiger charge is -2.10. The highest BCUT2D eigenvalue weighted by Gasteiger charge is 2.32. The van der Waals surface area contributed by atoms with Crippen LogP contribution in [0.2, 0.25) is 0 Å². The van der Waals surface area contributed by atoms with Crippen molar-refractivity contribution in [2.75, 3.05) is 0 Å². The van der Waals surface area contributed by atoms with Gasteiger partial charge >= 0.3 is 6.36 Å². The molecule has 0 radical (unpaired) electrons. The fourth-order valence-electron chi connectivity index (χ4n) is 0.968. The Morgan fingerprint density at radius 2 is 1.93 bits per heavy atom. The van der Waals surface area contributed by atoms with Crippen LogP contribution in [-0.4, -0.2) is 11.3 Å². The van der Waals surface area contributed by atoms with Crippen molar-refractivity contribution in [1.82, 2.24) is 4.98 Å². The number of aromatic amines is 1. The lowest BCUT2D eigenvalue weighted by Crippen LogP contribution is -2.21. The van der Waals surface area contributed by atoms with Crippen LogP contribution in [0.5, 0.6) is 5.88 Å². The second kappa shape index (κ2) is 3.36. The molecule has 0 amide bonds. The summed E-state index contributed by atoms with van der Waals surface area (Å²) in [6, 6.07) is 0. The Labute approximate surface area is 77.5 Å². The van der Waals surface area contributed by atoms with Crippen LogP contribution in [-0.2, 0) is 0 Å². The van der Waals surface area contributed by atoms with Gasteiger partial charge in [-0.25, -0.2) is 0 Å². The van der Waals surface area contributed by atoms with Gasteiger partial charge in [-0.05, 0) is 13.8 Å². The van der Waals surface area contributed by atoms with Gasteiger partial charge in [0.15, 0.2) is 5.43 Å². The monoisotopic (exact) mass is 207 g/mol. The van der Waals surface area contributed by atoms with Gasteiger partial charge in [-0.2, -0.15) is 0 Å². The molecule has 1 aromatic heterocycles. The molecule has 0 aliphatic rings. The summed E-state index contributed by atoms with van der Waals surface area (Å²) >= 11 is 0. The van der Waals surface area contributed by atoms with E-state index in [1.54, 1.807) is 0 Å². The highest BCUT2D eigenvalue weighted by molar-refractivity contribution is 5.28. The van der Waals surface area contributed by atoms with Gasteiger partial charge in [0, 0.05) is 11.8 Å². The molecule has 1 N–H and O–H groups in total. The summed E-state index contributed by atoms with van der Waals surface area (Å²) in [4.78, 5) is 13.5. The molecule has 1 rings (SSSR count). The van der Waals surface area contributed by atoms with E-state index in [9.17, 15) is 18.0 Å². The Bertz CT molecular complexity index is 395. The third kappa shape index (κ3) is 2.27. The van der Waals surface area contributed by atoms with Crippen LogP contribution in [0.25, 0.3) is 0 Å². The van der Waals surface area contributed by atoms with Crippen molar-refractivity contribution >= 4 is 0 Å². The average Bonchev–Trinajstić information content (AvgIpc) is 2.04. The van der Waals surface area contributed by atoms with Crippen molar-refractivity contribution in [3.63, 3.8) is 0 Å². The fraction of sp³-hybridized carbons (Fsp3) is 0.375. The molecule has 0 saturated heterocycles. The largest absolute Gasteiger partial charge is 0.574 e. The zero-order valence-corrected chi connectivity index (χ0v) is 7.53. The second-order valence-electron chi connectivity index (χ2n) is 2.80. The number of ether oxygens (including phenoxy) is 1. The predicted molar refractivity (Wildman–Crippen MR) is 43.2 cm³/mol. The van der Waals surface area contributed by atoms with Crippen molar-refractivity contribution < 1.29 is 17.9 Å².